The maximum atomic E-state index is 13.0. The van der Waals surface area contributed by atoms with E-state index in [0.717, 1.165) is 36.5 Å². The zero-order valence-electron chi connectivity index (χ0n) is 17.8. The van der Waals surface area contributed by atoms with Gasteiger partial charge in [0.25, 0.3) is 0 Å². The Morgan fingerprint density at radius 1 is 1.07 bits per heavy atom. The number of fused-ring (bicyclic) bond motifs is 1. The molecule has 2 aromatic rings. The number of likely N-dealkylation sites (tertiary alicyclic amines) is 1. The van der Waals surface area contributed by atoms with Crippen LogP contribution in [0.15, 0.2) is 6.07 Å². The first-order chi connectivity index (χ1) is 13.6. The summed E-state index contributed by atoms with van der Waals surface area (Å²) in [5.41, 5.74) is 5.15. The molecule has 2 fully saturated rings. The molecule has 0 N–H and O–H groups in total. The second-order valence-electron chi connectivity index (χ2n) is 9.27. The van der Waals surface area contributed by atoms with E-state index in [1.165, 1.54) is 11.3 Å². The van der Waals surface area contributed by atoms with Gasteiger partial charge in [-0.15, -0.1) is 0 Å². The summed E-state index contributed by atoms with van der Waals surface area (Å²) < 4.78 is 41.1. The molecule has 160 valence electrons. The number of halogens is 3. The molecule has 0 amide bonds. The van der Waals surface area contributed by atoms with Crippen molar-refractivity contribution in [2.45, 2.75) is 70.9 Å². The van der Waals surface area contributed by atoms with Gasteiger partial charge in [0.15, 0.2) is 5.65 Å². The molecule has 1 saturated carbocycles. The number of aryl methyl sites for hydroxylation is 1. The highest BCUT2D eigenvalue weighted by Crippen LogP contribution is 2.43. The highest BCUT2D eigenvalue weighted by Gasteiger charge is 2.42. The third-order valence-corrected chi connectivity index (χ3v) is 7.27. The Hall–Kier alpha value is -1.63. The van der Waals surface area contributed by atoms with Crippen LogP contribution in [0.3, 0.4) is 0 Å². The largest absolute Gasteiger partial charge is 0.391 e. The van der Waals surface area contributed by atoms with Gasteiger partial charge in [0, 0.05) is 30.1 Å². The predicted molar refractivity (Wildman–Crippen MR) is 107 cm³/mol. The van der Waals surface area contributed by atoms with Gasteiger partial charge in [-0.05, 0) is 71.0 Å². The van der Waals surface area contributed by atoms with Crippen molar-refractivity contribution in [2.75, 3.05) is 20.1 Å². The molecule has 1 aliphatic heterocycles. The van der Waals surface area contributed by atoms with Crippen LogP contribution in [0.4, 0.5) is 13.2 Å². The summed E-state index contributed by atoms with van der Waals surface area (Å²) in [7, 11) is 2.16. The molecule has 4 rings (SSSR count). The Morgan fingerprint density at radius 3 is 2.41 bits per heavy atom. The molecule has 0 unspecified atom stereocenters. The summed E-state index contributed by atoms with van der Waals surface area (Å²) in [6.07, 6.45) is -1.43. The maximum absolute atomic E-state index is 13.0. The summed E-state index contributed by atoms with van der Waals surface area (Å²) in [5.74, 6) is -0.126. The average molecular weight is 409 g/mol. The van der Waals surface area contributed by atoms with Crippen LogP contribution in [0.2, 0.25) is 0 Å². The third kappa shape index (κ3) is 3.90. The molecule has 3 heterocycles. The van der Waals surface area contributed by atoms with E-state index in [9.17, 15) is 13.2 Å². The Labute approximate surface area is 170 Å². The molecular weight excluding hydrogens is 377 g/mol. The third-order valence-electron chi connectivity index (χ3n) is 7.27. The lowest BCUT2D eigenvalue weighted by molar-refractivity contribution is -0.182. The van der Waals surface area contributed by atoms with E-state index < -0.39 is 12.1 Å². The molecule has 1 aliphatic carbocycles. The maximum Gasteiger partial charge on any atom is 0.391 e. The van der Waals surface area contributed by atoms with Crippen LogP contribution in [0.5, 0.6) is 0 Å². The predicted octanol–water partition coefficient (Wildman–Crippen LogP) is 5.24. The minimum Gasteiger partial charge on any atom is -0.306 e. The van der Waals surface area contributed by atoms with Gasteiger partial charge in [-0.3, -0.25) is 0 Å². The Morgan fingerprint density at radius 2 is 1.76 bits per heavy atom. The summed E-state index contributed by atoms with van der Waals surface area (Å²) in [5, 5.41) is 4.91. The summed E-state index contributed by atoms with van der Waals surface area (Å²) in [6, 6.07) is 2.01. The molecule has 0 bridgehead atoms. The number of likely N-dealkylation sites (N-methyl/N-ethyl adjacent to an activating group) is 1. The average Bonchev–Trinajstić information content (AvgIpc) is 3.08. The van der Waals surface area contributed by atoms with Crippen LogP contribution in [0.1, 0.15) is 73.5 Å². The van der Waals surface area contributed by atoms with Crippen LogP contribution >= 0.6 is 0 Å². The first kappa shape index (κ1) is 20.6. The van der Waals surface area contributed by atoms with Crippen molar-refractivity contribution in [1.29, 1.82) is 0 Å². The topological polar surface area (TPSA) is 33.4 Å². The zero-order chi connectivity index (χ0) is 20.9. The van der Waals surface area contributed by atoms with Crippen LogP contribution < -0.4 is 0 Å². The first-order valence-corrected chi connectivity index (χ1v) is 10.8. The second-order valence-corrected chi connectivity index (χ2v) is 9.27. The smallest absolute Gasteiger partial charge is 0.306 e. The Bertz CT molecular complexity index is 880. The van der Waals surface area contributed by atoms with Crippen LogP contribution in [-0.2, 0) is 0 Å². The zero-order valence-corrected chi connectivity index (χ0v) is 17.8. The van der Waals surface area contributed by atoms with Crippen LogP contribution in [0.25, 0.3) is 5.65 Å². The Kier molecular flexibility index (Phi) is 5.38. The van der Waals surface area contributed by atoms with Gasteiger partial charge in [-0.2, -0.15) is 18.3 Å². The van der Waals surface area contributed by atoms with Gasteiger partial charge >= 0.3 is 6.18 Å². The number of hydrogen-bond acceptors (Lipinski definition) is 3. The van der Waals surface area contributed by atoms with E-state index in [1.807, 2.05) is 17.5 Å². The molecule has 29 heavy (non-hydrogen) atoms. The molecule has 0 radical (unpaired) electrons. The van der Waals surface area contributed by atoms with E-state index >= 15 is 0 Å². The minimum atomic E-state index is -4.07. The molecule has 4 nitrogen and oxygen atoms in total. The van der Waals surface area contributed by atoms with Crippen LogP contribution in [0, 0.1) is 25.7 Å². The minimum absolute atomic E-state index is 0.0928. The molecule has 2 aliphatic rings. The van der Waals surface area contributed by atoms with E-state index in [1.54, 1.807) is 0 Å². The first-order valence-electron chi connectivity index (χ1n) is 10.8. The number of aromatic nitrogens is 3. The molecule has 0 aromatic carbocycles. The van der Waals surface area contributed by atoms with Gasteiger partial charge in [-0.1, -0.05) is 6.92 Å². The van der Waals surface area contributed by atoms with E-state index in [-0.39, 0.29) is 18.8 Å². The van der Waals surface area contributed by atoms with Gasteiger partial charge < -0.3 is 4.90 Å². The van der Waals surface area contributed by atoms with E-state index in [4.69, 9.17) is 10.1 Å². The highest BCUT2D eigenvalue weighted by molar-refractivity contribution is 5.46. The van der Waals surface area contributed by atoms with Gasteiger partial charge in [-0.25, -0.2) is 9.50 Å². The van der Waals surface area contributed by atoms with Crippen molar-refractivity contribution in [3.8, 4) is 0 Å². The van der Waals surface area contributed by atoms with Gasteiger partial charge in [0.1, 0.15) is 0 Å². The van der Waals surface area contributed by atoms with E-state index in [0.29, 0.717) is 24.7 Å². The molecule has 2 aromatic heterocycles. The molecule has 7 heteroatoms. The summed E-state index contributed by atoms with van der Waals surface area (Å²) in [6.45, 7) is 8.57. The SMILES string of the molecule is Cc1nc2cc(C3CCC(C(F)(F)F)CC3)nn2c([C@@H]2CN(C)CC[C@@H]2C)c1C. The molecule has 2 atom stereocenters. The highest BCUT2D eigenvalue weighted by atomic mass is 19.4. The number of nitrogens with zero attached hydrogens (tertiary/aromatic N) is 4. The van der Waals surface area contributed by atoms with Crippen molar-refractivity contribution >= 4 is 5.65 Å². The Balaban J connectivity index is 1.68. The fourth-order valence-electron chi connectivity index (χ4n) is 5.19. The monoisotopic (exact) mass is 408 g/mol. The van der Waals surface area contributed by atoms with E-state index in [2.05, 4.69) is 25.8 Å². The fraction of sp³-hybridized carbons (Fsp3) is 0.727. The molecule has 0 spiro atoms. The van der Waals surface area contributed by atoms with Crippen molar-refractivity contribution < 1.29 is 13.2 Å². The number of piperidine rings is 1. The van der Waals surface area contributed by atoms with Gasteiger partial charge in [0.05, 0.1) is 17.3 Å². The lowest BCUT2D eigenvalue weighted by Gasteiger charge is -2.36. The lowest BCUT2D eigenvalue weighted by Crippen LogP contribution is -2.37. The van der Waals surface area contributed by atoms with Crippen LogP contribution in [-0.4, -0.2) is 45.8 Å². The standard InChI is InChI=1S/C22H31F3N4/c1-13-9-10-28(4)12-18(13)21-14(2)15(3)26-20-11-19(27-29(20)21)16-5-7-17(8-6-16)22(23,24)25/h11,13,16-18H,5-10,12H2,1-4H3/t13-,16?,17?,18+/m0/s1. The quantitative estimate of drug-likeness (QED) is 0.682. The van der Waals surface area contributed by atoms with Crippen molar-refractivity contribution in [3.63, 3.8) is 0 Å². The normalized spacial score (nSPS) is 29.5. The second kappa shape index (κ2) is 7.56. The molecular formula is C22H31F3N4. The number of hydrogen-bond donors (Lipinski definition) is 0. The number of rotatable bonds is 2. The summed E-state index contributed by atoms with van der Waals surface area (Å²) >= 11 is 0. The fourth-order valence-corrected chi connectivity index (χ4v) is 5.19. The number of alkyl halides is 3. The van der Waals surface area contributed by atoms with Crippen molar-refractivity contribution in [2.24, 2.45) is 11.8 Å². The van der Waals surface area contributed by atoms with Crippen molar-refractivity contribution in [1.82, 2.24) is 19.5 Å². The van der Waals surface area contributed by atoms with Gasteiger partial charge in [0.2, 0.25) is 0 Å². The summed E-state index contributed by atoms with van der Waals surface area (Å²) in [4.78, 5) is 7.12. The molecule has 1 saturated heterocycles. The lowest BCUT2D eigenvalue weighted by atomic mass is 9.80. The van der Waals surface area contributed by atoms with Crippen molar-refractivity contribution in [3.05, 3.63) is 28.7 Å².